The average Bonchev–Trinajstić information content (AvgIpc) is 2.84. The first-order valence-corrected chi connectivity index (χ1v) is 6.85. The van der Waals surface area contributed by atoms with Crippen molar-refractivity contribution in [2.45, 2.75) is 27.2 Å². The van der Waals surface area contributed by atoms with Crippen LogP contribution in [0.5, 0.6) is 0 Å². The smallest absolute Gasteiger partial charge is 0.348 e. The van der Waals surface area contributed by atoms with Gasteiger partial charge in [-0.15, -0.1) is 11.3 Å². The van der Waals surface area contributed by atoms with E-state index in [1.54, 1.807) is 12.3 Å². The Morgan fingerprint density at radius 3 is 2.58 bits per heavy atom. The van der Waals surface area contributed by atoms with Crippen LogP contribution in [0.2, 0.25) is 0 Å². The standard InChI is InChI=1S/C13H15NO4S/c1-7(2)13(3)6-9(15)14(12(13)18)8-4-5-19-10(8)11(16)17/h4-5,7H,6H2,1-3H3,(H,16,17). The molecule has 0 aliphatic carbocycles. The Morgan fingerprint density at radius 1 is 1.47 bits per heavy atom. The van der Waals surface area contributed by atoms with E-state index in [9.17, 15) is 14.4 Å². The van der Waals surface area contributed by atoms with Gasteiger partial charge in [-0.3, -0.25) is 9.59 Å². The maximum Gasteiger partial charge on any atom is 0.348 e. The topological polar surface area (TPSA) is 74.7 Å². The van der Waals surface area contributed by atoms with Crippen molar-refractivity contribution in [3.8, 4) is 0 Å². The Morgan fingerprint density at radius 2 is 2.11 bits per heavy atom. The molecule has 1 N–H and O–H groups in total. The van der Waals surface area contributed by atoms with Crippen LogP contribution >= 0.6 is 11.3 Å². The van der Waals surface area contributed by atoms with E-state index in [0.29, 0.717) is 0 Å². The zero-order valence-electron chi connectivity index (χ0n) is 11.0. The van der Waals surface area contributed by atoms with Gasteiger partial charge in [0.15, 0.2) is 0 Å². The van der Waals surface area contributed by atoms with E-state index in [2.05, 4.69) is 0 Å². The number of anilines is 1. The van der Waals surface area contributed by atoms with Crippen molar-refractivity contribution < 1.29 is 19.5 Å². The van der Waals surface area contributed by atoms with Gasteiger partial charge in [0.1, 0.15) is 4.88 Å². The third-order valence-electron chi connectivity index (χ3n) is 3.81. The SMILES string of the molecule is CC(C)C1(C)CC(=O)N(c2ccsc2C(=O)O)C1=O. The second-order valence-electron chi connectivity index (χ2n) is 5.22. The Hall–Kier alpha value is -1.69. The number of carboxylic acid groups (broad SMARTS) is 1. The number of carbonyl (C=O) groups is 3. The summed E-state index contributed by atoms with van der Waals surface area (Å²) >= 11 is 1.01. The quantitative estimate of drug-likeness (QED) is 0.863. The van der Waals surface area contributed by atoms with E-state index in [4.69, 9.17) is 5.11 Å². The van der Waals surface area contributed by atoms with Crippen molar-refractivity contribution in [1.82, 2.24) is 0 Å². The highest BCUT2D eigenvalue weighted by molar-refractivity contribution is 7.12. The van der Waals surface area contributed by atoms with Crippen molar-refractivity contribution >= 4 is 34.8 Å². The first-order valence-electron chi connectivity index (χ1n) is 5.97. The molecular weight excluding hydrogens is 266 g/mol. The van der Waals surface area contributed by atoms with Gasteiger partial charge in [-0.1, -0.05) is 13.8 Å². The van der Waals surface area contributed by atoms with Crippen molar-refractivity contribution in [2.24, 2.45) is 11.3 Å². The Labute approximate surface area is 114 Å². The van der Waals surface area contributed by atoms with Gasteiger partial charge >= 0.3 is 5.97 Å². The highest BCUT2D eigenvalue weighted by Gasteiger charge is 2.51. The molecule has 1 saturated heterocycles. The van der Waals surface area contributed by atoms with Crippen LogP contribution in [0.15, 0.2) is 11.4 Å². The number of hydrogen-bond donors (Lipinski definition) is 1. The summed E-state index contributed by atoms with van der Waals surface area (Å²) in [5.41, 5.74) is -0.564. The fourth-order valence-corrected chi connectivity index (χ4v) is 2.88. The predicted octanol–water partition coefficient (Wildman–Crippen LogP) is 2.37. The highest BCUT2D eigenvalue weighted by Crippen LogP contribution is 2.42. The van der Waals surface area contributed by atoms with Crippen molar-refractivity contribution in [1.29, 1.82) is 0 Å². The van der Waals surface area contributed by atoms with Gasteiger partial charge in [-0.25, -0.2) is 9.69 Å². The minimum Gasteiger partial charge on any atom is -0.477 e. The van der Waals surface area contributed by atoms with Crippen LogP contribution in [-0.4, -0.2) is 22.9 Å². The fraction of sp³-hybridized carbons (Fsp3) is 0.462. The van der Waals surface area contributed by atoms with Gasteiger partial charge in [-0.05, 0) is 24.3 Å². The summed E-state index contributed by atoms with van der Waals surface area (Å²) < 4.78 is 0. The lowest BCUT2D eigenvalue weighted by Crippen LogP contribution is -2.37. The fourth-order valence-electron chi connectivity index (χ4n) is 2.17. The minimum atomic E-state index is -1.12. The molecular formula is C13H15NO4S. The number of hydrogen-bond acceptors (Lipinski definition) is 4. The molecule has 0 aromatic carbocycles. The normalized spacial score (nSPS) is 23.5. The largest absolute Gasteiger partial charge is 0.477 e. The number of imide groups is 1. The van der Waals surface area contributed by atoms with Gasteiger partial charge in [-0.2, -0.15) is 0 Å². The zero-order chi connectivity index (χ0) is 14.4. The number of aromatic carboxylic acids is 1. The van der Waals surface area contributed by atoms with E-state index in [0.717, 1.165) is 16.2 Å². The minimum absolute atomic E-state index is 0.0147. The van der Waals surface area contributed by atoms with Gasteiger partial charge in [0.25, 0.3) is 0 Å². The molecule has 1 aliphatic rings. The lowest BCUT2D eigenvalue weighted by molar-refractivity contribution is -0.126. The molecule has 1 aromatic heterocycles. The number of rotatable bonds is 3. The van der Waals surface area contributed by atoms with Crippen LogP contribution in [0.1, 0.15) is 36.9 Å². The molecule has 1 atom stereocenters. The Bertz CT molecular complexity index is 563. The number of carbonyl (C=O) groups excluding carboxylic acids is 2. The number of carboxylic acids is 1. The highest BCUT2D eigenvalue weighted by atomic mass is 32.1. The molecule has 1 fully saturated rings. The maximum atomic E-state index is 12.5. The van der Waals surface area contributed by atoms with E-state index in [1.807, 2.05) is 13.8 Å². The van der Waals surface area contributed by atoms with E-state index < -0.39 is 11.4 Å². The molecule has 102 valence electrons. The molecule has 1 aliphatic heterocycles. The molecule has 0 radical (unpaired) electrons. The van der Waals surface area contributed by atoms with Crippen LogP contribution in [0.3, 0.4) is 0 Å². The Balaban J connectivity index is 2.47. The second-order valence-corrected chi connectivity index (χ2v) is 6.14. The molecule has 1 aromatic rings. The second kappa shape index (κ2) is 4.45. The molecule has 2 heterocycles. The summed E-state index contributed by atoms with van der Waals surface area (Å²) in [5, 5.41) is 10.7. The van der Waals surface area contributed by atoms with E-state index >= 15 is 0 Å². The number of nitrogens with zero attached hydrogens (tertiary/aromatic N) is 1. The van der Waals surface area contributed by atoms with Crippen LogP contribution in [0.25, 0.3) is 0 Å². The van der Waals surface area contributed by atoms with Crippen molar-refractivity contribution in [3.63, 3.8) is 0 Å². The molecule has 0 bridgehead atoms. The van der Waals surface area contributed by atoms with E-state index in [1.165, 1.54) is 6.07 Å². The molecule has 6 heteroatoms. The first kappa shape index (κ1) is 13.7. The summed E-state index contributed by atoms with van der Waals surface area (Å²) in [4.78, 5) is 36.7. The third kappa shape index (κ3) is 1.96. The van der Waals surface area contributed by atoms with Gasteiger partial charge in [0.05, 0.1) is 11.1 Å². The molecule has 2 rings (SSSR count). The van der Waals surface area contributed by atoms with Crippen LogP contribution < -0.4 is 4.90 Å². The summed E-state index contributed by atoms with van der Waals surface area (Å²) in [6.07, 6.45) is 0.123. The number of thiophene rings is 1. The van der Waals surface area contributed by atoms with Crippen molar-refractivity contribution in [3.05, 3.63) is 16.3 Å². The molecule has 2 amide bonds. The zero-order valence-corrected chi connectivity index (χ0v) is 11.8. The summed E-state index contributed by atoms with van der Waals surface area (Å²) in [7, 11) is 0. The maximum absolute atomic E-state index is 12.5. The van der Waals surface area contributed by atoms with Crippen LogP contribution in [0.4, 0.5) is 5.69 Å². The summed E-state index contributed by atoms with van der Waals surface area (Å²) in [5.74, 6) is -1.75. The van der Waals surface area contributed by atoms with Gasteiger partial charge in [0, 0.05) is 6.42 Å². The monoisotopic (exact) mass is 281 g/mol. The first-order chi connectivity index (χ1) is 8.79. The molecule has 0 saturated carbocycles. The van der Waals surface area contributed by atoms with Gasteiger partial charge < -0.3 is 5.11 Å². The molecule has 0 spiro atoms. The molecule has 19 heavy (non-hydrogen) atoms. The third-order valence-corrected chi connectivity index (χ3v) is 4.70. The lowest BCUT2D eigenvalue weighted by Gasteiger charge is -2.25. The van der Waals surface area contributed by atoms with Gasteiger partial charge in [0.2, 0.25) is 11.8 Å². The molecule has 1 unspecified atom stereocenters. The van der Waals surface area contributed by atoms with Crippen LogP contribution in [0, 0.1) is 11.3 Å². The summed E-state index contributed by atoms with van der Waals surface area (Å²) in [6, 6.07) is 1.51. The Kier molecular flexibility index (Phi) is 3.22. The molecule has 5 nitrogen and oxygen atoms in total. The predicted molar refractivity (Wildman–Crippen MR) is 71.3 cm³/mol. The number of amides is 2. The summed E-state index contributed by atoms with van der Waals surface area (Å²) in [6.45, 7) is 5.53. The lowest BCUT2D eigenvalue weighted by atomic mass is 9.78. The van der Waals surface area contributed by atoms with Crippen LogP contribution in [-0.2, 0) is 9.59 Å². The van der Waals surface area contributed by atoms with E-state index in [-0.39, 0.29) is 34.7 Å². The average molecular weight is 281 g/mol. The van der Waals surface area contributed by atoms with Crippen molar-refractivity contribution in [2.75, 3.05) is 4.90 Å².